The maximum Gasteiger partial charge on any atom is 0.0859 e. The zero-order valence-corrected chi connectivity index (χ0v) is 11.2. The molecule has 0 fully saturated rings. The number of nitrogens with zero attached hydrogens (tertiary/aromatic N) is 1. The number of rotatable bonds is 6. The van der Waals surface area contributed by atoms with Crippen molar-refractivity contribution in [1.29, 1.82) is 0 Å². The van der Waals surface area contributed by atoms with Crippen molar-refractivity contribution < 1.29 is 4.74 Å². The highest BCUT2D eigenvalue weighted by molar-refractivity contribution is 5.20. The lowest BCUT2D eigenvalue weighted by atomic mass is 9.88. The third-order valence-electron chi connectivity index (χ3n) is 3.22. The Balaban J connectivity index is 3.00. The molecule has 1 rings (SSSR count). The van der Waals surface area contributed by atoms with Crippen LogP contribution >= 0.6 is 0 Å². The second kappa shape index (κ2) is 6.10. The fourth-order valence-corrected chi connectivity index (χ4v) is 1.99. The van der Waals surface area contributed by atoms with Crippen molar-refractivity contribution in [3.05, 3.63) is 29.6 Å². The topological polar surface area (TPSA) is 60.2 Å². The van der Waals surface area contributed by atoms with E-state index < -0.39 is 0 Å². The zero-order chi connectivity index (χ0) is 12.9. The average molecular weight is 237 g/mol. The highest BCUT2D eigenvalue weighted by atomic mass is 16.5. The van der Waals surface area contributed by atoms with Crippen molar-refractivity contribution in [2.75, 3.05) is 6.61 Å². The number of nitrogens with one attached hydrogen (secondary N) is 1. The number of aryl methyl sites for hydroxylation is 1. The highest BCUT2D eigenvalue weighted by Crippen LogP contribution is 2.31. The highest BCUT2D eigenvalue weighted by Gasteiger charge is 2.33. The van der Waals surface area contributed by atoms with Crippen LogP contribution in [-0.2, 0) is 4.74 Å². The second-order valence-corrected chi connectivity index (χ2v) is 4.43. The summed E-state index contributed by atoms with van der Waals surface area (Å²) in [5, 5.41) is 0. The lowest BCUT2D eigenvalue weighted by Crippen LogP contribution is -2.46. The largest absolute Gasteiger partial charge is 0.374 e. The second-order valence-electron chi connectivity index (χ2n) is 4.43. The Morgan fingerprint density at radius 3 is 2.59 bits per heavy atom. The molecule has 2 atom stereocenters. The van der Waals surface area contributed by atoms with E-state index in [9.17, 15) is 0 Å². The first-order valence-corrected chi connectivity index (χ1v) is 6.10. The Morgan fingerprint density at radius 1 is 1.47 bits per heavy atom. The summed E-state index contributed by atoms with van der Waals surface area (Å²) in [5.74, 6) is 5.68. The number of aromatic nitrogens is 1. The molecule has 0 bridgehead atoms. The number of pyridine rings is 1. The predicted octanol–water partition coefficient (Wildman–Crippen LogP) is 2.10. The van der Waals surface area contributed by atoms with E-state index in [1.165, 1.54) is 0 Å². The van der Waals surface area contributed by atoms with Crippen LogP contribution in [-0.4, -0.2) is 17.2 Å². The van der Waals surface area contributed by atoms with E-state index in [0.29, 0.717) is 6.61 Å². The van der Waals surface area contributed by atoms with Crippen LogP contribution in [0, 0.1) is 6.92 Å². The minimum Gasteiger partial charge on any atom is -0.374 e. The molecule has 0 radical (unpaired) electrons. The van der Waals surface area contributed by atoms with E-state index in [-0.39, 0.29) is 11.6 Å². The average Bonchev–Trinajstić information content (AvgIpc) is 2.33. The van der Waals surface area contributed by atoms with E-state index in [2.05, 4.69) is 24.3 Å². The van der Waals surface area contributed by atoms with Gasteiger partial charge in [-0.3, -0.25) is 16.3 Å². The molecule has 0 aliphatic carbocycles. The third-order valence-corrected chi connectivity index (χ3v) is 3.22. The Labute approximate surface area is 104 Å². The Kier molecular flexibility index (Phi) is 5.05. The van der Waals surface area contributed by atoms with Crippen LogP contribution in [0.15, 0.2) is 18.3 Å². The van der Waals surface area contributed by atoms with E-state index in [1.54, 1.807) is 0 Å². The van der Waals surface area contributed by atoms with Crippen molar-refractivity contribution in [2.24, 2.45) is 5.84 Å². The molecule has 4 nitrogen and oxygen atoms in total. The minimum atomic E-state index is -0.319. The molecule has 0 amide bonds. The van der Waals surface area contributed by atoms with Crippen molar-refractivity contribution in [1.82, 2.24) is 10.4 Å². The molecule has 1 aromatic rings. The van der Waals surface area contributed by atoms with Gasteiger partial charge in [-0.2, -0.15) is 0 Å². The fraction of sp³-hybridized carbons (Fsp3) is 0.615. The number of nitrogens with two attached hydrogens (primary N) is 1. The number of hydrogen-bond acceptors (Lipinski definition) is 4. The van der Waals surface area contributed by atoms with Crippen LogP contribution in [0.3, 0.4) is 0 Å². The van der Waals surface area contributed by atoms with Gasteiger partial charge < -0.3 is 4.74 Å². The van der Waals surface area contributed by atoms with Crippen LogP contribution in [0.25, 0.3) is 0 Å². The van der Waals surface area contributed by atoms with Gasteiger partial charge in [-0.1, -0.05) is 13.0 Å². The summed E-state index contributed by atoms with van der Waals surface area (Å²) in [5.41, 5.74) is 4.58. The predicted molar refractivity (Wildman–Crippen MR) is 69.4 cm³/mol. The van der Waals surface area contributed by atoms with Crippen LogP contribution < -0.4 is 11.3 Å². The van der Waals surface area contributed by atoms with Gasteiger partial charge in [0.2, 0.25) is 0 Å². The molecule has 0 aromatic carbocycles. The van der Waals surface area contributed by atoms with Crippen LogP contribution in [0.4, 0.5) is 0 Å². The standard InChI is InChI=1S/C13H23N3O/c1-5-13(4,17-6-2)12(16-14)11-8-7-10(3)15-9-11/h7-9,12,16H,5-6,14H2,1-4H3. The zero-order valence-electron chi connectivity index (χ0n) is 11.2. The van der Waals surface area contributed by atoms with Crippen molar-refractivity contribution in [3.8, 4) is 0 Å². The van der Waals surface area contributed by atoms with Gasteiger partial charge in [0.05, 0.1) is 11.6 Å². The van der Waals surface area contributed by atoms with Crippen molar-refractivity contribution in [3.63, 3.8) is 0 Å². The molecule has 96 valence electrons. The summed E-state index contributed by atoms with van der Waals surface area (Å²) in [6.45, 7) is 8.80. The Hall–Kier alpha value is -0.970. The summed E-state index contributed by atoms with van der Waals surface area (Å²) in [6.07, 6.45) is 2.73. The Bertz CT molecular complexity index is 339. The lowest BCUT2D eigenvalue weighted by molar-refractivity contribution is -0.0564. The molecule has 0 aliphatic heterocycles. The smallest absolute Gasteiger partial charge is 0.0859 e. The molecule has 0 spiro atoms. The molecular weight excluding hydrogens is 214 g/mol. The normalized spacial score (nSPS) is 16.5. The molecule has 0 saturated heterocycles. The summed E-state index contributed by atoms with van der Waals surface area (Å²) in [6, 6.07) is 3.97. The first-order chi connectivity index (χ1) is 8.07. The van der Waals surface area contributed by atoms with Gasteiger partial charge >= 0.3 is 0 Å². The molecule has 17 heavy (non-hydrogen) atoms. The van der Waals surface area contributed by atoms with Crippen LogP contribution in [0.2, 0.25) is 0 Å². The van der Waals surface area contributed by atoms with Gasteiger partial charge in [-0.15, -0.1) is 0 Å². The van der Waals surface area contributed by atoms with Gasteiger partial charge in [-0.05, 0) is 38.8 Å². The van der Waals surface area contributed by atoms with E-state index in [4.69, 9.17) is 10.6 Å². The molecule has 2 unspecified atom stereocenters. The first-order valence-electron chi connectivity index (χ1n) is 6.10. The van der Waals surface area contributed by atoms with Crippen molar-refractivity contribution in [2.45, 2.75) is 45.8 Å². The van der Waals surface area contributed by atoms with Crippen LogP contribution in [0.1, 0.15) is 44.5 Å². The van der Waals surface area contributed by atoms with Gasteiger partial charge in [0, 0.05) is 18.5 Å². The molecule has 3 N–H and O–H groups in total. The number of hydrazine groups is 1. The third kappa shape index (κ3) is 3.25. The molecule has 4 heteroatoms. The molecule has 1 aromatic heterocycles. The van der Waals surface area contributed by atoms with Crippen LogP contribution in [0.5, 0.6) is 0 Å². The maximum atomic E-state index is 5.85. The Morgan fingerprint density at radius 2 is 2.18 bits per heavy atom. The van der Waals surface area contributed by atoms with Gasteiger partial charge in [0.25, 0.3) is 0 Å². The summed E-state index contributed by atoms with van der Waals surface area (Å²) >= 11 is 0. The molecule has 0 aliphatic rings. The minimum absolute atomic E-state index is 0.0550. The van der Waals surface area contributed by atoms with Gasteiger partial charge in [-0.25, -0.2) is 0 Å². The number of hydrogen-bond donors (Lipinski definition) is 2. The SMILES string of the molecule is CCOC(C)(CC)C(NN)c1ccc(C)nc1. The maximum absolute atomic E-state index is 5.85. The first kappa shape index (κ1) is 14.1. The van der Waals surface area contributed by atoms with E-state index in [1.807, 2.05) is 32.2 Å². The van der Waals surface area contributed by atoms with E-state index >= 15 is 0 Å². The molecule has 1 heterocycles. The lowest BCUT2D eigenvalue weighted by Gasteiger charge is -2.36. The summed E-state index contributed by atoms with van der Waals surface area (Å²) in [4.78, 5) is 4.30. The van der Waals surface area contributed by atoms with Gasteiger partial charge in [0.1, 0.15) is 0 Å². The fourth-order valence-electron chi connectivity index (χ4n) is 1.99. The summed E-state index contributed by atoms with van der Waals surface area (Å²) < 4.78 is 5.85. The molecule has 0 saturated carbocycles. The van der Waals surface area contributed by atoms with Crippen molar-refractivity contribution >= 4 is 0 Å². The van der Waals surface area contributed by atoms with E-state index in [0.717, 1.165) is 17.7 Å². The summed E-state index contributed by atoms with van der Waals surface area (Å²) in [7, 11) is 0. The monoisotopic (exact) mass is 237 g/mol. The quantitative estimate of drug-likeness (QED) is 0.587. The number of ether oxygens (including phenoxy) is 1. The van der Waals surface area contributed by atoms with Gasteiger partial charge in [0.15, 0.2) is 0 Å². The molecular formula is C13H23N3O.